The van der Waals surface area contributed by atoms with Crippen molar-refractivity contribution in [2.45, 2.75) is 4.90 Å². The summed E-state index contributed by atoms with van der Waals surface area (Å²) in [6, 6.07) is 9.04. The van der Waals surface area contributed by atoms with E-state index in [0.29, 0.717) is 31.8 Å². The summed E-state index contributed by atoms with van der Waals surface area (Å²) in [5, 5.41) is 7.01. The number of hydrogen-bond acceptors (Lipinski definition) is 7. The number of fused-ring (bicyclic) bond motifs is 2. The van der Waals surface area contributed by atoms with Crippen molar-refractivity contribution in [1.29, 1.82) is 0 Å². The first-order chi connectivity index (χ1) is 14.3. The number of benzene rings is 2. The summed E-state index contributed by atoms with van der Waals surface area (Å²) in [5.74, 6) is -0.785. The minimum atomic E-state index is -4.02. The number of halogens is 2. The monoisotopic (exact) mass is 481 g/mol. The molecule has 0 bridgehead atoms. The Morgan fingerprint density at radius 3 is 2.83 bits per heavy atom. The van der Waals surface area contributed by atoms with Gasteiger partial charge < -0.3 is 4.42 Å². The molecule has 2 N–H and O–H groups in total. The van der Waals surface area contributed by atoms with Crippen molar-refractivity contribution in [2.75, 3.05) is 4.72 Å². The van der Waals surface area contributed by atoms with E-state index in [4.69, 9.17) is 27.6 Å². The molecule has 0 unspecified atom stereocenters. The minimum Gasteiger partial charge on any atom is -0.408 e. The molecule has 5 aromatic rings. The number of oxazole rings is 1. The number of nitrogens with zero attached hydrogens (tertiary/aromatic N) is 3. The molecule has 152 valence electrons. The van der Waals surface area contributed by atoms with Crippen LogP contribution < -0.4 is 10.5 Å². The number of aromatic nitrogens is 4. The van der Waals surface area contributed by atoms with Crippen molar-refractivity contribution in [2.24, 2.45) is 0 Å². The molecule has 0 amide bonds. The maximum Gasteiger partial charge on any atom is 0.417 e. The lowest BCUT2D eigenvalue weighted by molar-refractivity contribution is 0.554. The number of thiazole rings is 1. The zero-order valence-electron chi connectivity index (χ0n) is 14.6. The maximum atomic E-state index is 12.7. The average molecular weight is 482 g/mol. The van der Waals surface area contributed by atoms with Gasteiger partial charge in [0.25, 0.3) is 16.0 Å². The molecule has 0 saturated carbocycles. The second-order valence-electron chi connectivity index (χ2n) is 6.15. The number of hydrogen-bond donors (Lipinski definition) is 2. The lowest BCUT2D eigenvalue weighted by Gasteiger charge is -2.04. The van der Waals surface area contributed by atoms with Crippen LogP contribution in [0.4, 0.5) is 5.95 Å². The van der Waals surface area contributed by atoms with E-state index < -0.39 is 15.8 Å². The lowest BCUT2D eigenvalue weighted by atomic mass is 10.2. The van der Waals surface area contributed by atoms with Gasteiger partial charge in [0.15, 0.2) is 5.58 Å². The van der Waals surface area contributed by atoms with E-state index in [1.807, 2.05) is 0 Å². The van der Waals surface area contributed by atoms with E-state index in [1.54, 1.807) is 23.6 Å². The number of aromatic amines is 1. The van der Waals surface area contributed by atoms with Crippen molar-refractivity contribution < 1.29 is 12.8 Å². The second kappa shape index (κ2) is 6.84. The van der Waals surface area contributed by atoms with Gasteiger partial charge in [-0.3, -0.25) is 4.98 Å². The van der Waals surface area contributed by atoms with Crippen LogP contribution in [-0.2, 0) is 10.0 Å². The predicted octanol–water partition coefficient (Wildman–Crippen LogP) is 4.00. The van der Waals surface area contributed by atoms with E-state index in [0.717, 1.165) is 0 Å². The van der Waals surface area contributed by atoms with Gasteiger partial charge in [-0.05, 0) is 30.3 Å². The van der Waals surface area contributed by atoms with Crippen LogP contribution in [0.25, 0.3) is 27.3 Å². The third kappa shape index (κ3) is 3.25. The van der Waals surface area contributed by atoms with Crippen LogP contribution in [0.2, 0.25) is 10.0 Å². The van der Waals surface area contributed by atoms with Crippen molar-refractivity contribution in [1.82, 2.24) is 19.6 Å². The molecule has 0 atom stereocenters. The minimum absolute atomic E-state index is 0.103. The molecule has 9 nitrogen and oxygen atoms in total. The summed E-state index contributed by atoms with van der Waals surface area (Å²) in [6.07, 6.45) is 0. The Morgan fingerprint density at radius 2 is 2.00 bits per heavy atom. The number of anilines is 1. The smallest absolute Gasteiger partial charge is 0.408 e. The highest BCUT2D eigenvalue weighted by Gasteiger charge is 2.20. The average Bonchev–Trinajstić information content (AvgIpc) is 3.35. The molecule has 0 fully saturated rings. The summed E-state index contributed by atoms with van der Waals surface area (Å²) >= 11 is 13.6. The Morgan fingerprint density at radius 1 is 1.17 bits per heavy atom. The summed E-state index contributed by atoms with van der Waals surface area (Å²) in [4.78, 5) is 18.3. The van der Waals surface area contributed by atoms with E-state index in [1.165, 1.54) is 34.1 Å². The lowest BCUT2D eigenvalue weighted by Crippen LogP contribution is -2.14. The molecule has 0 aliphatic carbocycles. The Balaban J connectivity index is 1.52. The standard InChI is InChI=1S/C17H9Cl2N5O4S2/c18-8-1-3-11(19)10(5-8)13-7-29-16-21-15(22-24(13)16)23-30(26,27)9-2-4-12-14(6-9)28-17(25)20-12/h1-7H,(H,20,25)(H,22,23). The molecule has 5 rings (SSSR count). The van der Waals surface area contributed by atoms with E-state index in [2.05, 4.69) is 19.8 Å². The zero-order chi connectivity index (χ0) is 21.0. The molecular weight excluding hydrogens is 473 g/mol. The molecule has 0 aliphatic heterocycles. The number of rotatable bonds is 4. The number of nitrogens with one attached hydrogen (secondary N) is 2. The van der Waals surface area contributed by atoms with E-state index in [9.17, 15) is 13.2 Å². The predicted molar refractivity (Wildman–Crippen MR) is 114 cm³/mol. The normalized spacial score (nSPS) is 12.1. The fourth-order valence-electron chi connectivity index (χ4n) is 2.88. The summed E-state index contributed by atoms with van der Waals surface area (Å²) < 4.78 is 34.2. The van der Waals surface area contributed by atoms with Crippen LogP contribution in [-0.4, -0.2) is 28.0 Å². The van der Waals surface area contributed by atoms with Gasteiger partial charge in [0.2, 0.25) is 4.96 Å². The van der Waals surface area contributed by atoms with Crippen molar-refractivity contribution >= 4 is 66.6 Å². The van der Waals surface area contributed by atoms with Gasteiger partial charge in [0.05, 0.1) is 21.1 Å². The van der Waals surface area contributed by atoms with Crippen molar-refractivity contribution in [3.63, 3.8) is 0 Å². The molecule has 13 heteroatoms. The molecule has 2 aromatic carbocycles. The molecule has 0 spiro atoms. The Kier molecular flexibility index (Phi) is 4.36. The third-order valence-electron chi connectivity index (χ3n) is 4.21. The summed E-state index contributed by atoms with van der Waals surface area (Å²) in [6.45, 7) is 0. The second-order valence-corrected chi connectivity index (χ2v) is 9.52. The van der Waals surface area contributed by atoms with Gasteiger partial charge in [-0.1, -0.05) is 23.2 Å². The number of H-pyrrole nitrogens is 1. The van der Waals surface area contributed by atoms with Crippen LogP contribution >= 0.6 is 34.5 Å². The Labute approximate surface area is 181 Å². The topological polar surface area (TPSA) is 122 Å². The summed E-state index contributed by atoms with van der Waals surface area (Å²) in [7, 11) is -4.02. The fraction of sp³-hybridized carbons (Fsp3) is 0. The van der Waals surface area contributed by atoms with Crippen LogP contribution in [0.1, 0.15) is 0 Å². The molecular formula is C17H9Cl2N5O4S2. The van der Waals surface area contributed by atoms with Gasteiger partial charge >= 0.3 is 5.76 Å². The molecule has 3 aromatic heterocycles. The maximum absolute atomic E-state index is 12.7. The molecule has 30 heavy (non-hydrogen) atoms. The largest absolute Gasteiger partial charge is 0.417 e. The molecule has 3 heterocycles. The SMILES string of the molecule is O=c1[nH]c2ccc(S(=O)(=O)Nc3nc4scc(-c5cc(Cl)ccc5Cl)n4n3)cc2o1. The summed E-state index contributed by atoms with van der Waals surface area (Å²) in [5.41, 5.74) is 1.78. The Bertz CT molecular complexity index is 1600. The van der Waals surface area contributed by atoms with E-state index >= 15 is 0 Å². The van der Waals surface area contributed by atoms with Gasteiger partial charge in [-0.25, -0.2) is 22.4 Å². The Hall–Kier alpha value is -2.86. The van der Waals surface area contributed by atoms with Crippen molar-refractivity contribution in [3.05, 3.63) is 62.4 Å². The van der Waals surface area contributed by atoms with Gasteiger partial charge in [0.1, 0.15) is 0 Å². The fourth-order valence-corrected chi connectivity index (χ4v) is 5.04. The highest BCUT2D eigenvalue weighted by atomic mass is 35.5. The molecule has 0 aliphatic rings. The van der Waals surface area contributed by atoms with E-state index in [-0.39, 0.29) is 16.4 Å². The highest BCUT2D eigenvalue weighted by molar-refractivity contribution is 7.92. The molecule has 0 saturated heterocycles. The highest BCUT2D eigenvalue weighted by Crippen LogP contribution is 2.33. The van der Waals surface area contributed by atoms with Crippen molar-refractivity contribution in [3.8, 4) is 11.3 Å². The first-order valence-electron chi connectivity index (χ1n) is 8.25. The zero-order valence-corrected chi connectivity index (χ0v) is 17.7. The van der Waals surface area contributed by atoms with Crippen LogP contribution in [0.5, 0.6) is 0 Å². The van der Waals surface area contributed by atoms with Crippen LogP contribution in [0.3, 0.4) is 0 Å². The van der Waals surface area contributed by atoms with Gasteiger partial charge in [-0.15, -0.1) is 16.4 Å². The quantitative estimate of drug-likeness (QED) is 0.399. The van der Waals surface area contributed by atoms with Crippen LogP contribution in [0, 0.1) is 0 Å². The third-order valence-corrected chi connectivity index (χ3v) is 6.92. The first-order valence-corrected chi connectivity index (χ1v) is 11.4. The van der Waals surface area contributed by atoms with Crippen LogP contribution in [0.15, 0.2) is 55.9 Å². The van der Waals surface area contributed by atoms with Gasteiger partial charge in [0, 0.05) is 22.0 Å². The number of sulfonamides is 1. The first kappa shape index (κ1) is 19.1. The molecule has 0 radical (unpaired) electrons. The van der Waals surface area contributed by atoms with Gasteiger partial charge in [-0.2, -0.15) is 4.98 Å².